The van der Waals surface area contributed by atoms with Crippen LogP contribution in [0.3, 0.4) is 0 Å². The lowest BCUT2D eigenvalue weighted by atomic mass is 10.1. The van der Waals surface area contributed by atoms with Gasteiger partial charge in [-0.05, 0) is 43.7 Å². The lowest BCUT2D eigenvalue weighted by Crippen LogP contribution is -2.66. The Hall–Kier alpha value is -2.77. The molecule has 0 N–H and O–H groups in total. The van der Waals surface area contributed by atoms with Crippen LogP contribution in [0.15, 0.2) is 121 Å². The highest BCUT2D eigenvalue weighted by molar-refractivity contribution is 7.00. The smallest absolute Gasteiger partial charge is 0.261 e. The second kappa shape index (κ2) is 16.9. The van der Waals surface area contributed by atoms with Crippen molar-refractivity contribution >= 4 is 37.4 Å². The highest BCUT2D eigenvalue weighted by Gasteiger charge is 2.51. The van der Waals surface area contributed by atoms with E-state index in [1.54, 1.807) is 0 Å². The van der Waals surface area contributed by atoms with Crippen LogP contribution in [-0.4, -0.2) is 29.8 Å². The lowest BCUT2D eigenvalue weighted by Gasteiger charge is -2.43. The number of rotatable bonds is 17. The maximum Gasteiger partial charge on any atom is 0.261 e. The van der Waals surface area contributed by atoms with Crippen molar-refractivity contribution < 1.29 is 8.85 Å². The molecule has 4 aromatic rings. The molecule has 0 saturated carbocycles. The lowest BCUT2D eigenvalue weighted by molar-refractivity contribution is 0.283. The highest BCUT2D eigenvalue weighted by atomic mass is 28.4. The predicted octanol–water partition coefficient (Wildman–Crippen LogP) is 9.26. The number of unbranched alkanes of at least 4 members (excludes halogenated alkanes) is 7. The summed E-state index contributed by atoms with van der Waals surface area (Å²) in [5, 5.41) is 5.55. The third-order valence-electron chi connectivity index (χ3n) is 9.51. The van der Waals surface area contributed by atoms with Crippen molar-refractivity contribution in [2.24, 2.45) is 0 Å². The average molecular weight is 651 g/mol. The number of hydrogen-bond acceptors (Lipinski definition) is 2. The molecule has 0 heterocycles. The number of benzene rings is 4. The van der Waals surface area contributed by atoms with Crippen molar-refractivity contribution in [3.8, 4) is 0 Å². The topological polar surface area (TPSA) is 18.5 Å². The molecule has 246 valence electrons. The fraction of sp³-hybridized carbons (Fsp3) is 0.429. The SMILES string of the molecule is CC(C)(C)[Si](OCCCCCCCCCCO[Si](c1ccccc1)(c1ccccc1)C(C)(C)C)(c1ccccc1)c1ccccc1. The molecule has 4 rings (SSSR count). The van der Waals surface area contributed by atoms with Crippen LogP contribution in [-0.2, 0) is 8.85 Å². The first-order chi connectivity index (χ1) is 22.1. The molecule has 0 atom stereocenters. The van der Waals surface area contributed by atoms with Crippen molar-refractivity contribution in [3.05, 3.63) is 121 Å². The summed E-state index contributed by atoms with van der Waals surface area (Å²) >= 11 is 0. The quantitative estimate of drug-likeness (QED) is 0.0838. The summed E-state index contributed by atoms with van der Waals surface area (Å²) in [5.41, 5.74) is 0. The molecule has 0 aliphatic heterocycles. The van der Waals surface area contributed by atoms with Crippen LogP contribution in [0.25, 0.3) is 0 Å². The second-order valence-corrected chi connectivity index (χ2v) is 23.5. The van der Waals surface area contributed by atoms with Crippen LogP contribution < -0.4 is 20.7 Å². The molecular weight excluding hydrogens is 593 g/mol. The van der Waals surface area contributed by atoms with E-state index in [0.29, 0.717) is 0 Å². The van der Waals surface area contributed by atoms with Gasteiger partial charge in [-0.3, -0.25) is 0 Å². The van der Waals surface area contributed by atoms with Crippen molar-refractivity contribution in [2.45, 2.75) is 103 Å². The van der Waals surface area contributed by atoms with Crippen molar-refractivity contribution in [1.82, 2.24) is 0 Å². The summed E-state index contributed by atoms with van der Waals surface area (Å²) in [4.78, 5) is 0. The molecule has 0 spiro atoms. The standard InChI is InChI=1S/C42H58O2Si2/c1-41(2,3)45(37-27-17-13-18-28-37,38-29-19-14-20-30-38)43-35-25-11-9-7-8-10-12-26-36-44-46(42(4,5)6,39-31-21-15-22-32-39)40-33-23-16-24-34-40/h13-24,27-34H,7-12,25-26,35-36H2,1-6H3. The van der Waals surface area contributed by atoms with Gasteiger partial charge in [0.05, 0.1) is 0 Å². The number of hydrogen-bond donors (Lipinski definition) is 0. The molecule has 46 heavy (non-hydrogen) atoms. The van der Waals surface area contributed by atoms with Crippen LogP contribution in [0.4, 0.5) is 0 Å². The van der Waals surface area contributed by atoms with Crippen LogP contribution in [0.5, 0.6) is 0 Å². The fourth-order valence-electron chi connectivity index (χ4n) is 7.24. The molecule has 4 heteroatoms. The Bertz CT molecular complexity index is 1200. The van der Waals surface area contributed by atoms with Gasteiger partial charge in [0.25, 0.3) is 16.6 Å². The highest BCUT2D eigenvalue weighted by Crippen LogP contribution is 2.38. The summed E-state index contributed by atoms with van der Waals surface area (Å²) in [6, 6.07) is 44.0. The third kappa shape index (κ3) is 8.57. The van der Waals surface area contributed by atoms with Gasteiger partial charge in [-0.15, -0.1) is 0 Å². The normalized spacial score (nSPS) is 12.7. The van der Waals surface area contributed by atoms with Crippen LogP contribution >= 0.6 is 0 Å². The average Bonchev–Trinajstić information content (AvgIpc) is 3.05. The first kappa shape index (κ1) is 36.1. The Labute approximate surface area is 282 Å². The maximum absolute atomic E-state index is 7.08. The van der Waals surface area contributed by atoms with E-state index in [1.807, 2.05) is 0 Å². The molecule has 0 fully saturated rings. The van der Waals surface area contributed by atoms with Gasteiger partial charge in [-0.2, -0.15) is 0 Å². The monoisotopic (exact) mass is 650 g/mol. The molecule has 4 aromatic carbocycles. The van der Waals surface area contributed by atoms with E-state index >= 15 is 0 Å². The van der Waals surface area contributed by atoms with E-state index in [4.69, 9.17) is 8.85 Å². The van der Waals surface area contributed by atoms with Crippen molar-refractivity contribution in [3.63, 3.8) is 0 Å². The molecular formula is C42H58O2Si2. The Kier molecular flexibility index (Phi) is 13.2. The zero-order chi connectivity index (χ0) is 32.9. The van der Waals surface area contributed by atoms with E-state index in [-0.39, 0.29) is 10.1 Å². The molecule has 0 aliphatic carbocycles. The minimum atomic E-state index is -2.42. The third-order valence-corrected chi connectivity index (χ3v) is 19.6. The van der Waals surface area contributed by atoms with E-state index in [2.05, 4.69) is 163 Å². The molecule has 0 radical (unpaired) electrons. The first-order valence-corrected chi connectivity index (χ1v) is 21.4. The molecule has 0 amide bonds. The largest absolute Gasteiger partial charge is 0.407 e. The minimum absolute atomic E-state index is 0.0383. The molecule has 0 aromatic heterocycles. The van der Waals surface area contributed by atoms with Crippen LogP contribution in [0.2, 0.25) is 10.1 Å². The molecule has 0 saturated heterocycles. The molecule has 0 aliphatic rings. The van der Waals surface area contributed by atoms with Crippen LogP contribution in [0.1, 0.15) is 92.9 Å². The van der Waals surface area contributed by atoms with E-state index in [0.717, 1.165) is 26.1 Å². The zero-order valence-corrected chi connectivity index (χ0v) is 31.4. The maximum atomic E-state index is 7.08. The summed E-state index contributed by atoms with van der Waals surface area (Å²) in [7, 11) is -4.84. The van der Waals surface area contributed by atoms with Gasteiger partial charge >= 0.3 is 0 Å². The zero-order valence-electron chi connectivity index (χ0n) is 29.4. The Balaban J connectivity index is 1.22. The van der Waals surface area contributed by atoms with E-state index in [9.17, 15) is 0 Å². The summed E-state index contributed by atoms with van der Waals surface area (Å²) < 4.78 is 14.2. The van der Waals surface area contributed by atoms with E-state index < -0.39 is 16.6 Å². The van der Waals surface area contributed by atoms with Crippen LogP contribution in [0, 0.1) is 0 Å². The van der Waals surface area contributed by atoms with Gasteiger partial charge in [-0.1, -0.05) is 201 Å². The fourth-order valence-corrected chi connectivity index (χ4v) is 16.5. The van der Waals surface area contributed by atoms with Crippen molar-refractivity contribution in [2.75, 3.05) is 13.2 Å². The molecule has 0 bridgehead atoms. The van der Waals surface area contributed by atoms with Gasteiger partial charge in [-0.25, -0.2) is 0 Å². The predicted molar refractivity (Wildman–Crippen MR) is 204 cm³/mol. The van der Waals surface area contributed by atoms with Gasteiger partial charge < -0.3 is 8.85 Å². The Morgan fingerprint density at radius 3 is 0.783 bits per heavy atom. The molecule has 0 unspecified atom stereocenters. The van der Waals surface area contributed by atoms with Gasteiger partial charge in [0.2, 0.25) is 0 Å². The Morgan fingerprint density at radius 2 is 0.565 bits per heavy atom. The van der Waals surface area contributed by atoms with E-state index in [1.165, 1.54) is 59.3 Å². The molecule has 2 nitrogen and oxygen atoms in total. The second-order valence-electron chi connectivity index (χ2n) is 14.9. The summed E-state index contributed by atoms with van der Waals surface area (Å²) in [6.07, 6.45) is 9.87. The summed E-state index contributed by atoms with van der Waals surface area (Å²) in [6.45, 7) is 15.8. The summed E-state index contributed by atoms with van der Waals surface area (Å²) in [5.74, 6) is 0. The van der Waals surface area contributed by atoms with Crippen molar-refractivity contribution in [1.29, 1.82) is 0 Å². The Morgan fingerprint density at radius 1 is 0.348 bits per heavy atom. The van der Waals surface area contributed by atoms with Gasteiger partial charge in [0, 0.05) is 13.2 Å². The van der Waals surface area contributed by atoms with Gasteiger partial charge in [0.15, 0.2) is 0 Å². The van der Waals surface area contributed by atoms with Gasteiger partial charge in [0.1, 0.15) is 0 Å². The first-order valence-electron chi connectivity index (χ1n) is 17.6. The minimum Gasteiger partial charge on any atom is -0.407 e.